The molecule has 0 aromatic heterocycles. The minimum absolute atomic E-state index is 0.115. The number of halogens is 2. The molecule has 2 rings (SSSR count). The van der Waals surface area contributed by atoms with E-state index in [0.717, 1.165) is 36.8 Å². The fraction of sp³-hybridized carbons (Fsp3) is 0.588. The molecule has 0 N–H and O–H groups in total. The fourth-order valence-electron chi connectivity index (χ4n) is 3.03. The first-order valence-corrected chi connectivity index (χ1v) is 8.49. The number of hydrogen-bond donors (Lipinski definition) is 0. The topological polar surface area (TPSA) is 20.3 Å². The van der Waals surface area contributed by atoms with Crippen molar-refractivity contribution in [2.45, 2.75) is 51.5 Å². The van der Waals surface area contributed by atoms with E-state index in [1.54, 1.807) is 12.1 Å². The summed E-state index contributed by atoms with van der Waals surface area (Å²) < 4.78 is 14.7. The summed E-state index contributed by atoms with van der Waals surface area (Å²) in [6, 6.07) is 4.78. The van der Waals surface area contributed by atoms with Crippen LogP contribution in [0.1, 0.15) is 45.1 Å². The summed E-state index contributed by atoms with van der Waals surface area (Å²) in [7, 11) is 0. The van der Waals surface area contributed by atoms with Gasteiger partial charge in [0.2, 0.25) is 0 Å². The summed E-state index contributed by atoms with van der Waals surface area (Å²) in [6.45, 7) is 5.99. The predicted octanol–water partition coefficient (Wildman–Crippen LogP) is 4.35. The van der Waals surface area contributed by atoms with E-state index in [1.807, 2.05) is 13.8 Å². The SMILES string of the molecule is CCC(C)(C(=O)Cc1cc(Br)ccc1F)N1CCCCC1. The van der Waals surface area contributed by atoms with Crippen LogP contribution in [0.5, 0.6) is 0 Å². The summed E-state index contributed by atoms with van der Waals surface area (Å²) in [6.07, 6.45) is 4.46. The van der Waals surface area contributed by atoms with Crippen LogP contribution in [0.4, 0.5) is 4.39 Å². The molecule has 1 fully saturated rings. The largest absolute Gasteiger partial charge is 0.297 e. The maximum absolute atomic E-state index is 13.9. The average molecular weight is 356 g/mol. The zero-order chi connectivity index (χ0) is 15.5. The Morgan fingerprint density at radius 2 is 2.00 bits per heavy atom. The summed E-state index contributed by atoms with van der Waals surface area (Å²) in [5, 5.41) is 0. The molecule has 1 atom stereocenters. The molecule has 116 valence electrons. The van der Waals surface area contributed by atoms with Crippen LogP contribution in [0.3, 0.4) is 0 Å². The van der Waals surface area contributed by atoms with E-state index < -0.39 is 5.54 Å². The minimum atomic E-state index is -0.477. The number of nitrogens with zero attached hydrogens (tertiary/aromatic N) is 1. The first-order valence-electron chi connectivity index (χ1n) is 7.69. The van der Waals surface area contributed by atoms with Gasteiger partial charge < -0.3 is 0 Å². The van der Waals surface area contributed by atoms with Crippen LogP contribution < -0.4 is 0 Å². The maximum Gasteiger partial charge on any atom is 0.157 e. The van der Waals surface area contributed by atoms with Gasteiger partial charge in [-0.2, -0.15) is 0 Å². The average Bonchev–Trinajstić information content (AvgIpc) is 2.51. The second-order valence-corrected chi connectivity index (χ2v) is 6.93. The number of carbonyl (C=O) groups is 1. The Labute approximate surface area is 134 Å². The smallest absolute Gasteiger partial charge is 0.157 e. The fourth-order valence-corrected chi connectivity index (χ4v) is 3.44. The number of benzene rings is 1. The van der Waals surface area contributed by atoms with Crippen LogP contribution in [0.25, 0.3) is 0 Å². The summed E-state index contributed by atoms with van der Waals surface area (Å²) in [5.74, 6) is -0.187. The molecule has 0 radical (unpaired) electrons. The van der Waals surface area contributed by atoms with E-state index in [4.69, 9.17) is 0 Å². The molecular weight excluding hydrogens is 333 g/mol. The highest BCUT2D eigenvalue weighted by molar-refractivity contribution is 9.10. The third-order valence-corrected chi connectivity index (χ3v) is 5.20. The number of Topliss-reactive ketones (excluding diaryl/α,β-unsaturated/α-hetero) is 1. The van der Waals surface area contributed by atoms with Crippen LogP contribution in [0, 0.1) is 5.82 Å². The van der Waals surface area contributed by atoms with Crippen molar-refractivity contribution < 1.29 is 9.18 Å². The van der Waals surface area contributed by atoms with Crippen molar-refractivity contribution >= 4 is 21.7 Å². The summed E-state index contributed by atoms with van der Waals surface area (Å²) in [4.78, 5) is 15.1. The van der Waals surface area contributed by atoms with E-state index in [-0.39, 0.29) is 18.0 Å². The van der Waals surface area contributed by atoms with Gasteiger partial charge in [-0.3, -0.25) is 9.69 Å². The lowest BCUT2D eigenvalue weighted by Crippen LogP contribution is -2.54. The number of ketones is 1. The minimum Gasteiger partial charge on any atom is -0.297 e. The lowest BCUT2D eigenvalue weighted by atomic mass is 9.85. The monoisotopic (exact) mass is 355 g/mol. The van der Waals surface area contributed by atoms with Gasteiger partial charge in [-0.05, 0) is 63.0 Å². The van der Waals surface area contributed by atoms with Crippen molar-refractivity contribution in [3.8, 4) is 0 Å². The van der Waals surface area contributed by atoms with Gasteiger partial charge in [-0.1, -0.05) is 29.3 Å². The third kappa shape index (κ3) is 3.72. The number of hydrogen-bond acceptors (Lipinski definition) is 2. The Balaban J connectivity index is 2.17. The van der Waals surface area contributed by atoms with Crippen molar-refractivity contribution in [3.05, 3.63) is 34.1 Å². The molecule has 1 saturated heterocycles. The maximum atomic E-state index is 13.9. The Morgan fingerprint density at radius 1 is 1.33 bits per heavy atom. The van der Waals surface area contributed by atoms with E-state index in [2.05, 4.69) is 20.8 Å². The number of rotatable bonds is 5. The zero-order valence-corrected chi connectivity index (χ0v) is 14.4. The van der Waals surface area contributed by atoms with Gasteiger partial charge in [0.25, 0.3) is 0 Å². The van der Waals surface area contributed by atoms with Crippen molar-refractivity contribution in [1.82, 2.24) is 4.90 Å². The second-order valence-electron chi connectivity index (χ2n) is 6.01. The van der Waals surface area contributed by atoms with Crippen molar-refractivity contribution in [2.24, 2.45) is 0 Å². The summed E-state index contributed by atoms with van der Waals surface area (Å²) in [5.41, 5.74) is 0.000826. The lowest BCUT2D eigenvalue weighted by molar-refractivity contribution is -0.130. The van der Waals surface area contributed by atoms with E-state index in [1.165, 1.54) is 12.5 Å². The first-order chi connectivity index (χ1) is 9.97. The van der Waals surface area contributed by atoms with E-state index >= 15 is 0 Å². The molecule has 4 heteroatoms. The predicted molar refractivity (Wildman–Crippen MR) is 86.9 cm³/mol. The highest BCUT2D eigenvalue weighted by Crippen LogP contribution is 2.27. The van der Waals surface area contributed by atoms with Crippen LogP contribution >= 0.6 is 15.9 Å². The van der Waals surface area contributed by atoms with Gasteiger partial charge in [0.15, 0.2) is 5.78 Å². The number of likely N-dealkylation sites (tertiary alicyclic amines) is 1. The molecule has 1 unspecified atom stereocenters. The Morgan fingerprint density at radius 3 is 2.62 bits per heavy atom. The van der Waals surface area contributed by atoms with Crippen LogP contribution in [0.2, 0.25) is 0 Å². The summed E-state index contributed by atoms with van der Waals surface area (Å²) >= 11 is 3.34. The lowest BCUT2D eigenvalue weighted by Gasteiger charge is -2.42. The van der Waals surface area contributed by atoms with Crippen molar-refractivity contribution in [1.29, 1.82) is 0 Å². The molecule has 21 heavy (non-hydrogen) atoms. The van der Waals surface area contributed by atoms with Crippen LogP contribution in [0.15, 0.2) is 22.7 Å². The first kappa shape index (κ1) is 16.6. The van der Waals surface area contributed by atoms with Crippen LogP contribution in [-0.2, 0) is 11.2 Å². The zero-order valence-electron chi connectivity index (χ0n) is 12.8. The molecule has 0 amide bonds. The highest BCUT2D eigenvalue weighted by Gasteiger charge is 2.37. The highest BCUT2D eigenvalue weighted by atomic mass is 79.9. The number of piperidine rings is 1. The van der Waals surface area contributed by atoms with Gasteiger partial charge >= 0.3 is 0 Å². The third-order valence-electron chi connectivity index (χ3n) is 4.70. The van der Waals surface area contributed by atoms with E-state index in [9.17, 15) is 9.18 Å². The quantitative estimate of drug-likeness (QED) is 0.782. The van der Waals surface area contributed by atoms with Gasteiger partial charge in [0.1, 0.15) is 5.82 Å². The van der Waals surface area contributed by atoms with Gasteiger partial charge in [0, 0.05) is 10.9 Å². The standard InChI is InChI=1S/C17H23BrFNO/c1-3-17(2,20-9-5-4-6-10-20)16(21)12-13-11-14(18)7-8-15(13)19/h7-8,11H,3-6,9-10,12H2,1-2H3. The molecule has 1 heterocycles. The molecule has 0 spiro atoms. The Bertz CT molecular complexity index is 514. The van der Waals surface area contributed by atoms with E-state index in [0.29, 0.717) is 5.56 Å². The number of carbonyl (C=O) groups excluding carboxylic acids is 1. The van der Waals surface area contributed by atoms with Gasteiger partial charge in [-0.15, -0.1) is 0 Å². The molecule has 0 aliphatic carbocycles. The second kappa shape index (κ2) is 7.01. The normalized spacial score (nSPS) is 19.2. The molecule has 1 aromatic rings. The molecule has 0 saturated carbocycles. The Kier molecular flexibility index (Phi) is 5.55. The molecule has 1 aromatic carbocycles. The Hall–Kier alpha value is -0.740. The molecular formula is C17H23BrFNO. The van der Waals surface area contributed by atoms with Crippen LogP contribution in [-0.4, -0.2) is 29.3 Å². The molecule has 1 aliphatic rings. The van der Waals surface area contributed by atoms with Gasteiger partial charge in [0.05, 0.1) is 5.54 Å². The molecule has 2 nitrogen and oxygen atoms in total. The molecule has 0 bridgehead atoms. The van der Waals surface area contributed by atoms with Gasteiger partial charge in [-0.25, -0.2) is 4.39 Å². The molecule has 1 aliphatic heterocycles. The van der Waals surface area contributed by atoms with Crippen molar-refractivity contribution in [3.63, 3.8) is 0 Å². The van der Waals surface area contributed by atoms with Crippen molar-refractivity contribution in [2.75, 3.05) is 13.1 Å².